The zero-order valence-electron chi connectivity index (χ0n) is 10.5. The largest absolute Gasteiger partial charge is 0.497 e. The van der Waals surface area contributed by atoms with Gasteiger partial charge in [-0.1, -0.05) is 18.1 Å². The summed E-state index contributed by atoms with van der Waals surface area (Å²) < 4.78 is 15.3. The van der Waals surface area contributed by atoms with E-state index in [1.165, 1.54) is 6.92 Å². The number of ether oxygens (including phenoxy) is 3. The second-order valence-corrected chi connectivity index (χ2v) is 3.63. The van der Waals surface area contributed by atoms with E-state index >= 15 is 0 Å². The lowest BCUT2D eigenvalue weighted by molar-refractivity contribution is -0.146. The van der Waals surface area contributed by atoms with Crippen LogP contribution in [0.1, 0.15) is 12.5 Å². The third kappa shape index (κ3) is 4.89. The average Bonchev–Trinajstić information content (AvgIpc) is 2.38. The first-order valence-electron chi connectivity index (χ1n) is 5.49. The van der Waals surface area contributed by atoms with Gasteiger partial charge >= 0.3 is 5.97 Å². The van der Waals surface area contributed by atoms with Crippen molar-refractivity contribution in [1.29, 1.82) is 0 Å². The van der Waals surface area contributed by atoms with Crippen molar-refractivity contribution in [3.63, 3.8) is 0 Å². The summed E-state index contributed by atoms with van der Waals surface area (Å²) in [5.74, 6) is 2.73. The Balaban J connectivity index is 2.36. The molecule has 1 aromatic carbocycles. The molecule has 1 atom stereocenters. The quantitative estimate of drug-likeness (QED) is 0.568. The number of hydrogen-bond donors (Lipinski definition) is 0. The summed E-state index contributed by atoms with van der Waals surface area (Å²) in [4.78, 5) is 10.7. The van der Waals surface area contributed by atoms with Crippen LogP contribution < -0.4 is 4.74 Å². The normalized spacial score (nSPS) is 11.4. The molecule has 0 aromatic heterocycles. The Hall–Kier alpha value is -1.99. The minimum absolute atomic E-state index is 0.183. The second kappa shape index (κ2) is 7.36. The summed E-state index contributed by atoms with van der Waals surface area (Å²) in [7, 11) is 1.61. The van der Waals surface area contributed by atoms with Gasteiger partial charge in [-0.3, -0.25) is 4.79 Å². The van der Waals surface area contributed by atoms with E-state index in [0.717, 1.165) is 11.3 Å². The maximum absolute atomic E-state index is 10.7. The van der Waals surface area contributed by atoms with Gasteiger partial charge in [0.05, 0.1) is 20.3 Å². The molecule has 0 spiro atoms. The van der Waals surface area contributed by atoms with E-state index in [2.05, 4.69) is 5.92 Å². The summed E-state index contributed by atoms with van der Waals surface area (Å²) in [5.41, 5.74) is 0.995. The number of methoxy groups -OCH3 is 1. The van der Waals surface area contributed by atoms with Gasteiger partial charge in [0, 0.05) is 6.92 Å². The molecule has 1 aromatic rings. The number of rotatable bonds is 6. The van der Waals surface area contributed by atoms with Gasteiger partial charge in [-0.2, -0.15) is 0 Å². The molecule has 4 nitrogen and oxygen atoms in total. The molecule has 0 amide bonds. The summed E-state index contributed by atoms with van der Waals surface area (Å²) >= 11 is 0. The lowest BCUT2D eigenvalue weighted by Gasteiger charge is -2.11. The third-order valence-electron chi connectivity index (χ3n) is 2.19. The number of hydrogen-bond acceptors (Lipinski definition) is 4. The van der Waals surface area contributed by atoms with Crippen molar-refractivity contribution in [3.05, 3.63) is 29.8 Å². The zero-order chi connectivity index (χ0) is 13.4. The molecule has 0 bridgehead atoms. The van der Waals surface area contributed by atoms with Gasteiger partial charge in [-0.05, 0) is 17.7 Å². The van der Waals surface area contributed by atoms with Crippen LogP contribution in [0, 0.1) is 12.3 Å². The van der Waals surface area contributed by atoms with E-state index < -0.39 is 12.1 Å². The molecule has 0 heterocycles. The fourth-order valence-electron chi connectivity index (χ4n) is 1.32. The first-order chi connectivity index (χ1) is 8.65. The third-order valence-corrected chi connectivity index (χ3v) is 2.19. The lowest BCUT2D eigenvalue weighted by atomic mass is 10.2. The summed E-state index contributed by atoms with van der Waals surface area (Å²) in [6, 6.07) is 7.50. The van der Waals surface area contributed by atoms with Gasteiger partial charge in [-0.15, -0.1) is 6.42 Å². The molecule has 18 heavy (non-hydrogen) atoms. The molecule has 0 fully saturated rings. The highest BCUT2D eigenvalue weighted by atomic mass is 16.6. The zero-order valence-corrected chi connectivity index (χ0v) is 10.5. The maximum atomic E-state index is 10.7. The Morgan fingerprint density at radius 1 is 1.39 bits per heavy atom. The molecule has 0 aliphatic rings. The van der Waals surface area contributed by atoms with Gasteiger partial charge in [0.2, 0.25) is 0 Å². The highest BCUT2D eigenvalue weighted by Gasteiger charge is 2.08. The molecule has 0 aliphatic heterocycles. The predicted molar refractivity (Wildman–Crippen MR) is 67.0 cm³/mol. The van der Waals surface area contributed by atoms with Gasteiger partial charge in [0.1, 0.15) is 5.75 Å². The Morgan fingerprint density at radius 3 is 2.56 bits per heavy atom. The summed E-state index contributed by atoms with van der Waals surface area (Å²) in [6.45, 7) is 1.90. The Labute approximate surface area is 107 Å². The van der Waals surface area contributed by atoms with Crippen molar-refractivity contribution in [1.82, 2.24) is 0 Å². The highest BCUT2D eigenvalue weighted by molar-refractivity contribution is 5.66. The van der Waals surface area contributed by atoms with Crippen LogP contribution in [0.2, 0.25) is 0 Å². The minimum atomic E-state index is -0.638. The van der Waals surface area contributed by atoms with Gasteiger partial charge in [-0.25, -0.2) is 0 Å². The van der Waals surface area contributed by atoms with Crippen LogP contribution in [-0.4, -0.2) is 25.8 Å². The number of carbonyl (C=O) groups excluding carboxylic acids is 1. The molecular weight excluding hydrogens is 232 g/mol. The van der Waals surface area contributed by atoms with Gasteiger partial charge in [0.25, 0.3) is 0 Å². The summed E-state index contributed by atoms with van der Waals surface area (Å²) in [5, 5.41) is 0. The van der Waals surface area contributed by atoms with E-state index in [4.69, 9.17) is 20.6 Å². The van der Waals surface area contributed by atoms with Crippen LogP contribution >= 0.6 is 0 Å². The van der Waals surface area contributed by atoms with E-state index in [1.54, 1.807) is 7.11 Å². The number of terminal acetylenes is 1. The van der Waals surface area contributed by atoms with Crippen molar-refractivity contribution >= 4 is 5.97 Å². The van der Waals surface area contributed by atoms with E-state index in [-0.39, 0.29) is 6.61 Å². The minimum Gasteiger partial charge on any atom is -0.497 e. The Bertz CT molecular complexity index is 416. The van der Waals surface area contributed by atoms with E-state index in [1.807, 2.05) is 24.3 Å². The van der Waals surface area contributed by atoms with E-state index in [9.17, 15) is 4.79 Å². The van der Waals surface area contributed by atoms with Gasteiger partial charge < -0.3 is 14.2 Å². The van der Waals surface area contributed by atoms with Crippen LogP contribution in [0.3, 0.4) is 0 Å². The smallest absolute Gasteiger partial charge is 0.303 e. The van der Waals surface area contributed by atoms with Crippen LogP contribution in [-0.2, 0) is 20.9 Å². The number of benzene rings is 1. The van der Waals surface area contributed by atoms with Crippen LogP contribution in [0.15, 0.2) is 24.3 Å². The number of esters is 1. The molecule has 0 saturated carbocycles. The van der Waals surface area contributed by atoms with Crippen LogP contribution in [0.4, 0.5) is 0 Å². The van der Waals surface area contributed by atoms with Crippen molar-refractivity contribution < 1.29 is 19.0 Å². The molecule has 1 rings (SSSR count). The fourth-order valence-corrected chi connectivity index (χ4v) is 1.32. The van der Waals surface area contributed by atoms with Crippen molar-refractivity contribution in [3.8, 4) is 18.1 Å². The fraction of sp³-hybridized carbons (Fsp3) is 0.357. The predicted octanol–water partition coefficient (Wildman–Crippen LogP) is 1.78. The first kappa shape index (κ1) is 14.1. The maximum Gasteiger partial charge on any atom is 0.303 e. The molecule has 0 saturated heterocycles. The SMILES string of the molecule is C#C[C@@H](COCc1ccc(OC)cc1)OC(C)=O. The molecule has 0 radical (unpaired) electrons. The second-order valence-electron chi connectivity index (χ2n) is 3.63. The molecule has 0 unspecified atom stereocenters. The molecule has 0 aliphatic carbocycles. The average molecular weight is 248 g/mol. The van der Waals surface area contributed by atoms with Gasteiger partial charge in [0.15, 0.2) is 6.10 Å². The molecule has 96 valence electrons. The lowest BCUT2D eigenvalue weighted by Crippen LogP contribution is -2.20. The van der Waals surface area contributed by atoms with Crippen molar-refractivity contribution in [2.24, 2.45) is 0 Å². The highest BCUT2D eigenvalue weighted by Crippen LogP contribution is 2.12. The molecular formula is C14H16O4. The topological polar surface area (TPSA) is 44.8 Å². The van der Waals surface area contributed by atoms with Crippen LogP contribution in [0.25, 0.3) is 0 Å². The number of carbonyl (C=O) groups is 1. The van der Waals surface area contributed by atoms with Crippen LogP contribution in [0.5, 0.6) is 5.75 Å². The molecule has 0 N–H and O–H groups in total. The van der Waals surface area contributed by atoms with Crippen molar-refractivity contribution in [2.45, 2.75) is 19.6 Å². The first-order valence-corrected chi connectivity index (χ1v) is 5.49. The molecule has 4 heteroatoms. The van der Waals surface area contributed by atoms with Crippen molar-refractivity contribution in [2.75, 3.05) is 13.7 Å². The van der Waals surface area contributed by atoms with E-state index in [0.29, 0.717) is 6.61 Å². The standard InChI is InChI=1S/C14H16O4/c1-4-13(18-11(2)15)10-17-9-12-5-7-14(16-3)8-6-12/h1,5-8,13H,9-10H2,2-3H3/t13-/m0/s1. The summed E-state index contributed by atoms with van der Waals surface area (Å²) in [6.07, 6.45) is 4.58. The monoisotopic (exact) mass is 248 g/mol. The Kier molecular flexibility index (Phi) is 5.75. The Morgan fingerprint density at radius 2 is 2.06 bits per heavy atom.